The van der Waals surface area contributed by atoms with Crippen LogP contribution in [0.3, 0.4) is 0 Å². The zero-order chi connectivity index (χ0) is 18.9. The van der Waals surface area contributed by atoms with Gasteiger partial charge in [-0.25, -0.2) is 0 Å². The summed E-state index contributed by atoms with van der Waals surface area (Å²) in [5.74, 6) is 0.580. The van der Waals surface area contributed by atoms with E-state index in [1.807, 2.05) is 25.1 Å². The van der Waals surface area contributed by atoms with Crippen molar-refractivity contribution in [3.05, 3.63) is 69.8 Å². The average molecular weight is 356 g/mol. The number of methoxy groups -OCH3 is 1. The minimum Gasteiger partial charge on any atom is -0.493 e. The first kappa shape index (κ1) is 19.0. The summed E-state index contributed by atoms with van der Waals surface area (Å²) in [6, 6.07) is 11.6. The summed E-state index contributed by atoms with van der Waals surface area (Å²) in [5, 5.41) is 13.6. The van der Waals surface area contributed by atoms with Crippen molar-refractivity contribution in [1.29, 1.82) is 0 Å². The molecule has 0 aliphatic carbocycles. The minimum absolute atomic E-state index is 0.0324. The number of rotatable bonds is 8. The monoisotopic (exact) mass is 356 g/mol. The minimum atomic E-state index is -0.477. The van der Waals surface area contributed by atoms with E-state index < -0.39 is 4.92 Å². The summed E-state index contributed by atoms with van der Waals surface area (Å²) in [6.45, 7) is 1.75. The van der Waals surface area contributed by atoms with Crippen LogP contribution in [0.25, 0.3) is 6.08 Å². The van der Waals surface area contributed by atoms with Crippen molar-refractivity contribution in [1.82, 2.24) is 5.32 Å². The summed E-state index contributed by atoms with van der Waals surface area (Å²) in [6.07, 6.45) is 3.83. The number of allylic oxidation sites excluding steroid dienone is 1. The van der Waals surface area contributed by atoms with Crippen LogP contribution in [-0.4, -0.2) is 24.5 Å². The predicted octanol–water partition coefficient (Wildman–Crippen LogP) is 3.33. The molecule has 7 heteroatoms. The van der Waals surface area contributed by atoms with E-state index in [2.05, 4.69) is 5.32 Å². The first-order valence-electron chi connectivity index (χ1n) is 7.97. The van der Waals surface area contributed by atoms with Gasteiger partial charge in [0.2, 0.25) is 0 Å². The molecule has 0 saturated carbocycles. The number of hydrogen-bond acceptors (Lipinski definition) is 5. The third-order valence-electron chi connectivity index (χ3n) is 3.57. The van der Waals surface area contributed by atoms with E-state index in [-0.39, 0.29) is 24.7 Å². The second-order valence-corrected chi connectivity index (χ2v) is 5.36. The van der Waals surface area contributed by atoms with Gasteiger partial charge in [0.15, 0.2) is 18.1 Å². The van der Waals surface area contributed by atoms with Crippen LogP contribution < -0.4 is 14.8 Å². The number of benzene rings is 2. The standard InChI is InChI=1S/C19H20N2O5/c1-3-6-14-9-10-17(18(11-14)25-2)26-13-19(22)20-12-15-7-4-5-8-16(15)21(23)24/h3-11H,12-13H2,1-2H3,(H,20,22)/b6-3+. The van der Waals surface area contributed by atoms with Crippen molar-refractivity contribution in [3.63, 3.8) is 0 Å². The highest BCUT2D eigenvalue weighted by Gasteiger charge is 2.13. The van der Waals surface area contributed by atoms with Crippen LogP contribution in [-0.2, 0) is 11.3 Å². The molecule has 0 fully saturated rings. The van der Waals surface area contributed by atoms with Crippen molar-refractivity contribution < 1.29 is 19.2 Å². The van der Waals surface area contributed by atoms with Gasteiger partial charge in [-0.15, -0.1) is 0 Å². The molecular formula is C19H20N2O5. The lowest BCUT2D eigenvalue weighted by atomic mass is 10.2. The molecule has 0 unspecified atom stereocenters. The van der Waals surface area contributed by atoms with Crippen molar-refractivity contribution in [2.24, 2.45) is 0 Å². The molecule has 2 aromatic rings. The Hall–Kier alpha value is -3.35. The molecule has 0 heterocycles. The van der Waals surface area contributed by atoms with Gasteiger partial charge in [0, 0.05) is 18.2 Å². The topological polar surface area (TPSA) is 90.7 Å². The van der Waals surface area contributed by atoms with E-state index in [9.17, 15) is 14.9 Å². The van der Waals surface area contributed by atoms with Crippen molar-refractivity contribution in [2.45, 2.75) is 13.5 Å². The summed E-state index contributed by atoms with van der Waals surface area (Å²) in [4.78, 5) is 22.5. The summed E-state index contributed by atoms with van der Waals surface area (Å²) < 4.78 is 10.8. The first-order chi connectivity index (χ1) is 12.5. The molecule has 26 heavy (non-hydrogen) atoms. The highest BCUT2D eigenvalue weighted by atomic mass is 16.6. The lowest BCUT2D eigenvalue weighted by Crippen LogP contribution is -2.28. The number of nitro benzene ring substituents is 1. The zero-order valence-corrected chi connectivity index (χ0v) is 14.6. The van der Waals surface area contributed by atoms with E-state index in [4.69, 9.17) is 9.47 Å². The Labute approximate surface area is 151 Å². The van der Waals surface area contributed by atoms with Gasteiger partial charge < -0.3 is 14.8 Å². The molecular weight excluding hydrogens is 336 g/mol. The number of ether oxygens (including phenoxy) is 2. The molecule has 2 rings (SSSR count). The second kappa shape index (κ2) is 9.22. The molecule has 0 saturated heterocycles. The number of amides is 1. The Morgan fingerprint density at radius 3 is 2.69 bits per heavy atom. The highest BCUT2D eigenvalue weighted by Crippen LogP contribution is 2.28. The van der Waals surface area contributed by atoms with E-state index in [1.165, 1.54) is 13.2 Å². The fraction of sp³-hybridized carbons (Fsp3) is 0.211. The van der Waals surface area contributed by atoms with E-state index >= 15 is 0 Å². The molecule has 0 bridgehead atoms. The SMILES string of the molecule is C/C=C/c1ccc(OCC(=O)NCc2ccccc2[N+](=O)[O-])c(OC)c1. The normalized spacial score (nSPS) is 10.5. The van der Waals surface area contributed by atoms with E-state index in [0.29, 0.717) is 17.1 Å². The Kier molecular flexibility index (Phi) is 6.73. The Morgan fingerprint density at radius 1 is 1.23 bits per heavy atom. The van der Waals surface area contributed by atoms with Crippen molar-refractivity contribution in [2.75, 3.05) is 13.7 Å². The summed E-state index contributed by atoms with van der Waals surface area (Å²) in [7, 11) is 1.52. The van der Waals surface area contributed by atoms with Gasteiger partial charge in [-0.2, -0.15) is 0 Å². The zero-order valence-electron chi connectivity index (χ0n) is 14.6. The van der Waals surface area contributed by atoms with Gasteiger partial charge >= 0.3 is 0 Å². The number of nitrogens with zero attached hydrogens (tertiary/aromatic N) is 1. The number of nitrogens with one attached hydrogen (secondary N) is 1. The lowest BCUT2D eigenvalue weighted by molar-refractivity contribution is -0.385. The fourth-order valence-corrected chi connectivity index (χ4v) is 2.33. The number of carbonyl (C=O) groups excluding carboxylic acids is 1. The third-order valence-corrected chi connectivity index (χ3v) is 3.57. The Bertz CT molecular complexity index is 817. The van der Waals surface area contributed by atoms with Crippen LogP contribution in [0.5, 0.6) is 11.5 Å². The number of para-hydroxylation sites is 1. The largest absolute Gasteiger partial charge is 0.493 e. The van der Waals surface area contributed by atoms with Gasteiger partial charge in [-0.1, -0.05) is 36.4 Å². The molecule has 0 aliphatic rings. The van der Waals surface area contributed by atoms with Gasteiger partial charge in [0.05, 0.1) is 12.0 Å². The molecule has 0 atom stereocenters. The number of carbonyl (C=O) groups is 1. The van der Waals surface area contributed by atoms with Crippen LogP contribution in [0.4, 0.5) is 5.69 Å². The number of nitro groups is 1. The summed E-state index contributed by atoms with van der Waals surface area (Å²) >= 11 is 0. The third kappa shape index (κ3) is 5.07. The van der Waals surface area contributed by atoms with Gasteiger partial charge in [0.1, 0.15) is 0 Å². The molecule has 7 nitrogen and oxygen atoms in total. The van der Waals surface area contributed by atoms with E-state index in [0.717, 1.165) is 5.56 Å². The first-order valence-corrected chi connectivity index (χ1v) is 7.97. The molecule has 2 aromatic carbocycles. The fourth-order valence-electron chi connectivity index (χ4n) is 2.33. The van der Waals surface area contributed by atoms with Crippen LogP contribution >= 0.6 is 0 Å². The number of hydrogen-bond donors (Lipinski definition) is 1. The predicted molar refractivity (Wildman–Crippen MR) is 98.1 cm³/mol. The molecule has 0 aromatic heterocycles. The maximum absolute atomic E-state index is 12.0. The van der Waals surface area contributed by atoms with E-state index in [1.54, 1.807) is 30.3 Å². The van der Waals surface area contributed by atoms with Gasteiger partial charge in [0.25, 0.3) is 11.6 Å². The smallest absolute Gasteiger partial charge is 0.274 e. The highest BCUT2D eigenvalue weighted by molar-refractivity contribution is 5.77. The Morgan fingerprint density at radius 2 is 2.00 bits per heavy atom. The molecule has 136 valence electrons. The molecule has 0 spiro atoms. The molecule has 1 N–H and O–H groups in total. The average Bonchev–Trinajstić information content (AvgIpc) is 2.65. The molecule has 0 aliphatic heterocycles. The molecule has 0 radical (unpaired) electrons. The maximum Gasteiger partial charge on any atom is 0.274 e. The maximum atomic E-state index is 12.0. The van der Waals surface area contributed by atoms with Gasteiger partial charge in [-0.3, -0.25) is 14.9 Å². The second-order valence-electron chi connectivity index (χ2n) is 5.36. The van der Waals surface area contributed by atoms with Crippen LogP contribution in [0.1, 0.15) is 18.1 Å². The van der Waals surface area contributed by atoms with Crippen LogP contribution in [0.15, 0.2) is 48.5 Å². The lowest BCUT2D eigenvalue weighted by Gasteiger charge is -2.11. The molecule has 1 amide bonds. The van der Waals surface area contributed by atoms with Gasteiger partial charge in [-0.05, 0) is 24.6 Å². The Balaban J connectivity index is 1.94. The van der Waals surface area contributed by atoms with Crippen molar-refractivity contribution >= 4 is 17.7 Å². The van der Waals surface area contributed by atoms with Crippen LogP contribution in [0, 0.1) is 10.1 Å². The van der Waals surface area contributed by atoms with Crippen molar-refractivity contribution in [3.8, 4) is 11.5 Å². The quantitative estimate of drug-likeness (QED) is 0.579. The summed E-state index contributed by atoms with van der Waals surface area (Å²) in [5.41, 5.74) is 1.35. The van der Waals surface area contributed by atoms with Crippen LogP contribution in [0.2, 0.25) is 0 Å².